The summed E-state index contributed by atoms with van der Waals surface area (Å²) in [4.78, 5) is 16.3. The van der Waals surface area contributed by atoms with Crippen LogP contribution in [-0.2, 0) is 11.2 Å². The quantitative estimate of drug-likeness (QED) is 0.490. The van der Waals surface area contributed by atoms with Gasteiger partial charge in [-0.25, -0.2) is 18.3 Å². The van der Waals surface area contributed by atoms with E-state index in [0.29, 0.717) is 46.4 Å². The van der Waals surface area contributed by atoms with Crippen LogP contribution in [0.5, 0.6) is 5.75 Å². The van der Waals surface area contributed by atoms with Gasteiger partial charge in [0.2, 0.25) is 5.91 Å². The number of alkyl halides is 1. The molecule has 3 heterocycles. The van der Waals surface area contributed by atoms with E-state index in [9.17, 15) is 9.18 Å². The molecule has 0 radical (unpaired) electrons. The summed E-state index contributed by atoms with van der Waals surface area (Å²) >= 11 is 0. The first-order valence-electron chi connectivity index (χ1n) is 10.1. The van der Waals surface area contributed by atoms with Gasteiger partial charge in [0.15, 0.2) is 23.0 Å². The second-order valence-corrected chi connectivity index (χ2v) is 7.44. The van der Waals surface area contributed by atoms with Crippen LogP contribution in [0.2, 0.25) is 0 Å². The fraction of sp³-hybridized carbons (Fsp3) is 0.333. The van der Waals surface area contributed by atoms with Crippen molar-refractivity contribution >= 4 is 28.3 Å². The molecule has 2 atom stereocenters. The van der Waals surface area contributed by atoms with Crippen LogP contribution in [0.3, 0.4) is 0 Å². The predicted octanol–water partition coefficient (Wildman–Crippen LogP) is 3.67. The summed E-state index contributed by atoms with van der Waals surface area (Å²) in [7, 11) is 0. The van der Waals surface area contributed by atoms with E-state index >= 15 is 4.39 Å². The van der Waals surface area contributed by atoms with E-state index in [2.05, 4.69) is 25.6 Å². The maximum absolute atomic E-state index is 15.3. The minimum atomic E-state index is -1.08. The highest BCUT2D eigenvalue weighted by Gasteiger charge is 2.43. The first-order chi connectivity index (χ1) is 15.0. The van der Waals surface area contributed by atoms with Gasteiger partial charge < -0.3 is 10.1 Å². The van der Waals surface area contributed by atoms with Crippen LogP contribution in [0.1, 0.15) is 25.8 Å². The second-order valence-electron chi connectivity index (χ2n) is 7.44. The van der Waals surface area contributed by atoms with Crippen molar-refractivity contribution in [1.82, 2.24) is 24.8 Å². The van der Waals surface area contributed by atoms with Crippen molar-refractivity contribution in [3.8, 4) is 17.0 Å². The number of fused-ring (bicyclic) bond motifs is 2. The molecule has 1 saturated carbocycles. The number of amides is 1. The van der Waals surface area contributed by atoms with Crippen LogP contribution in [-0.4, -0.2) is 43.5 Å². The maximum atomic E-state index is 15.3. The zero-order chi connectivity index (χ0) is 21.7. The fourth-order valence-corrected chi connectivity index (χ4v) is 3.80. The number of nitrogens with zero attached hydrogens (tertiary/aromatic N) is 4. The van der Waals surface area contributed by atoms with Gasteiger partial charge in [-0.3, -0.25) is 9.89 Å². The Kier molecular flexibility index (Phi) is 4.57. The highest BCUT2D eigenvalue weighted by Crippen LogP contribution is 2.39. The van der Waals surface area contributed by atoms with Gasteiger partial charge in [0.25, 0.3) is 0 Å². The molecule has 0 saturated heterocycles. The lowest BCUT2D eigenvalue weighted by molar-refractivity contribution is -0.117. The number of halogens is 2. The molecule has 3 aromatic heterocycles. The monoisotopic (exact) mass is 426 g/mol. The molecule has 0 bridgehead atoms. The Hall–Kier alpha value is -3.56. The summed E-state index contributed by atoms with van der Waals surface area (Å²) in [6.07, 6.45) is 2.77. The van der Waals surface area contributed by atoms with E-state index in [1.807, 2.05) is 6.92 Å². The number of hydrogen-bond acceptors (Lipinski definition) is 5. The number of aromatic amines is 1. The van der Waals surface area contributed by atoms with Crippen molar-refractivity contribution in [2.75, 3.05) is 11.9 Å². The first-order valence-corrected chi connectivity index (χ1v) is 10.1. The normalized spacial score (nSPS) is 17.9. The molecule has 31 heavy (non-hydrogen) atoms. The highest BCUT2D eigenvalue weighted by molar-refractivity contribution is 5.99. The Bertz CT molecular complexity index is 1310. The molecule has 1 aliphatic carbocycles. The van der Waals surface area contributed by atoms with Gasteiger partial charge in [-0.2, -0.15) is 10.2 Å². The summed E-state index contributed by atoms with van der Waals surface area (Å²) in [5.41, 5.74) is 2.59. The number of H-pyrrole nitrogens is 1. The van der Waals surface area contributed by atoms with Crippen molar-refractivity contribution in [2.24, 2.45) is 5.92 Å². The minimum absolute atomic E-state index is 0.149. The zero-order valence-electron chi connectivity index (χ0n) is 16.9. The molecule has 10 heteroatoms. The smallest absolute Gasteiger partial charge is 0.231 e. The average Bonchev–Trinajstić information content (AvgIpc) is 3.13. The fourth-order valence-electron chi connectivity index (χ4n) is 3.80. The Labute approximate surface area is 175 Å². The lowest BCUT2D eigenvalue weighted by Crippen LogP contribution is -2.15. The molecule has 1 aromatic carbocycles. The zero-order valence-corrected chi connectivity index (χ0v) is 16.9. The number of ether oxygens (including phenoxy) is 1. The van der Waals surface area contributed by atoms with Crippen molar-refractivity contribution < 1.29 is 18.3 Å². The van der Waals surface area contributed by atoms with Crippen LogP contribution in [0.15, 0.2) is 24.5 Å². The Morgan fingerprint density at radius 3 is 2.90 bits per heavy atom. The Balaban J connectivity index is 1.60. The molecule has 1 amide bonds. The number of carbonyl (C=O) groups excluding carboxylic acids is 1. The SMILES string of the molecule is CCOc1c(F)c(CC)c(-c2ccc3nc(NC(=O)C4CC4F)cn3n2)c2cn[nH]c12. The first kappa shape index (κ1) is 19.4. The van der Waals surface area contributed by atoms with Gasteiger partial charge in [0.05, 0.1) is 30.6 Å². The topological polar surface area (TPSA) is 97.2 Å². The number of imidazole rings is 1. The third-order valence-electron chi connectivity index (χ3n) is 5.42. The predicted molar refractivity (Wildman–Crippen MR) is 110 cm³/mol. The van der Waals surface area contributed by atoms with E-state index in [1.165, 1.54) is 4.52 Å². The number of hydrogen-bond donors (Lipinski definition) is 2. The van der Waals surface area contributed by atoms with Gasteiger partial charge in [0.1, 0.15) is 11.7 Å². The van der Waals surface area contributed by atoms with Crippen molar-refractivity contribution in [2.45, 2.75) is 32.9 Å². The standard InChI is InChI=1S/C21H20F2N6O2/c1-3-10-17(12-8-24-27-19(12)20(18(10)23)31-4-2)14-5-6-16-25-15(9-29(16)28-14)26-21(30)11-7-13(11)22/h5-6,8-9,11,13H,3-4,7H2,1-2H3,(H,24,27)(H,26,30). The van der Waals surface area contributed by atoms with E-state index in [4.69, 9.17) is 4.74 Å². The molecule has 4 aromatic rings. The Morgan fingerprint density at radius 1 is 1.39 bits per heavy atom. The van der Waals surface area contributed by atoms with Gasteiger partial charge in [0, 0.05) is 16.5 Å². The van der Waals surface area contributed by atoms with Gasteiger partial charge >= 0.3 is 0 Å². The number of carbonyl (C=O) groups is 1. The molecule has 0 spiro atoms. The summed E-state index contributed by atoms with van der Waals surface area (Å²) < 4.78 is 35.4. The van der Waals surface area contributed by atoms with E-state index in [0.717, 1.165) is 0 Å². The summed E-state index contributed by atoms with van der Waals surface area (Å²) in [6.45, 7) is 3.98. The third kappa shape index (κ3) is 3.18. The van der Waals surface area contributed by atoms with Crippen molar-refractivity contribution in [3.05, 3.63) is 35.9 Å². The molecular weight excluding hydrogens is 406 g/mol. The lowest BCUT2D eigenvalue weighted by Gasteiger charge is -2.15. The molecule has 8 nitrogen and oxygen atoms in total. The summed E-state index contributed by atoms with van der Waals surface area (Å²) in [5, 5.41) is 14.8. The molecule has 0 aliphatic heterocycles. The van der Waals surface area contributed by atoms with Crippen LogP contribution in [0, 0.1) is 11.7 Å². The van der Waals surface area contributed by atoms with Crippen LogP contribution >= 0.6 is 0 Å². The van der Waals surface area contributed by atoms with Crippen LogP contribution in [0.25, 0.3) is 27.8 Å². The molecule has 160 valence electrons. The molecule has 2 N–H and O–H groups in total. The number of anilines is 1. The van der Waals surface area contributed by atoms with E-state index in [1.54, 1.807) is 31.5 Å². The van der Waals surface area contributed by atoms with Gasteiger partial charge in [-0.15, -0.1) is 0 Å². The van der Waals surface area contributed by atoms with Crippen molar-refractivity contribution in [1.29, 1.82) is 0 Å². The van der Waals surface area contributed by atoms with Crippen LogP contribution in [0.4, 0.5) is 14.6 Å². The lowest BCUT2D eigenvalue weighted by atomic mass is 9.97. The van der Waals surface area contributed by atoms with Gasteiger partial charge in [-0.1, -0.05) is 6.92 Å². The number of nitrogens with one attached hydrogen (secondary N) is 2. The molecular formula is C21H20F2N6O2. The summed E-state index contributed by atoms with van der Waals surface area (Å²) in [6, 6.07) is 3.47. The summed E-state index contributed by atoms with van der Waals surface area (Å²) in [5.74, 6) is -1.01. The molecule has 1 fully saturated rings. The molecule has 1 aliphatic rings. The number of benzene rings is 1. The second kappa shape index (κ2) is 7.29. The minimum Gasteiger partial charge on any atom is -0.489 e. The average molecular weight is 426 g/mol. The van der Waals surface area contributed by atoms with Crippen LogP contribution < -0.4 is 10.1 Å². The Morgan fingerprint density at radius 2 is 2.19 bits per heavy atom. The highest BCUT2D eigenvalue weighted by atomic mass is 19.1. The molecule has 5 rings (SSSR count). The largest absolute Gasteiger partial charge is 0.489 e. The third-order valence-corrected chi connectivity index (χ3v) is 5.42. The maximum Gasteiger partial charge on any atom is 0.231 e. The van der Waals surface area contributed by atoms with Crippen molar-refractivity contribution in [3.63, 3.8) is 0 Å². The number of rotatable bonds is 6. The van der Waals surface area contributed by atoms with Gasteiger partial charge in [-0.05, 0) is 31.9 Å². The molecule has 2 unspecified atom stereocenters. The van der Waals surface area contributed by atoms with E-state index < -0.39 is 23.8 Å². The van der Waals surface area contributed by atoms with E-state index in [-0.39, 0.29) is 18.0 Å². The number of aromatic nitrogens is 5.